The molecule has 0 unspecified atom stereocenters. The second-order valence-corrected chi connectivity index (χ2v) is 7.53. The van der Waals surface area contributed by atoms with Crippen molar-refractivity contribution < 1.29 is 5.11 Å². The maximum absolute atomic E-state index is 8.63. The van der Waals surface area contributed by atoms with Gasteiger partial charge in [0.25, 0.3) is 0 Å². The molecule has 1 aromatic carbocycles. The van der Waals surface area contributed by atoms with E-state index in [9.17, 15) is 0 Å². The Kier molecular flexibility index (Phi) is 3.29. The Hall–Kier alpha value is -1.04. The quantitative estimate of drug-likeness (QED) is 0.520. The standard InChI is InChI=1S/C11H14OSi/c1-13(2,10-6-9-12)11-7-4-3-5-8-11/h3-5,7-8,12H,9H2,1-2H3. The van der Waals surface area contributed by atoms with Gasteiger partial charge in [-0.15, -0.1) is 5.54 Å². The normalized spacial score (nSPS) is 10.4. The fraction of sp³-hybridized carbons (Fsp3) is 0.273. The molecule has 0 radical (unpaired) electrons. The fourth-order valence-corrected chi connectivity index (χ4v) is 2.88. The Bertz CT molecular complexity index is 319. The lowest BCUT2D eigenvalue weighted by molar-refractivity contribution is 0.350. The monoisotopic (exact) mass is 190 g/mol. The smallest absolute Gasteiger partial charge is 0.162 e. The Morgan fingerprint density at radius 1 is 1.23 bits per heavy atom. The van der Waals surface area contributed by atoms with Crippen molar-refractivity contribution in [3.8, 4) is 11.5 Å². The summed E-state index contributed by atoms with van der Waals surface area (Å²) in [5, 5.41) is 9.94. The summed E-state index contributed by atoms with van der Waals surface area (Å²) in [5.74, 6) is 2.75. The minimum absolute atomic E-state index is 0.0384. The van der Waals surface area contributed by atoms with E-state index in [0.717, 1.165) is 0 Å². The summed E-state index contributed by atoms with van der Waals surface area (Å²) in [7, 11) is -1.62. The molecule has 0 aliphatic heterocycles. The van der Waals surface area contributed by atoms with Crippen molar-refractivity contribution in [2.45, 2.75) is 13.1 Å². The second kappa shape index (κ2) is 4.27. The van der Waals surface area contributed by atoms with Gasteiger partial charge in [-0.3, -0.25) is 0 Å². The molecule has 0 atom stereocenters. The molecule has 0 aliphatic carbocycles. The Morgan fingerprint density at radius 2 is 1.85 bits per heavy atom. The predicted octanol–water partition coefficient (Wildman–Crippen LogP) is 1.14. The average Bonchev–Trinajstić information content (AvgIpc) is 2.16. The van der Waals surface area contributed by atoms with Crippen LogP contribution < -0.4 is 5.19 Å². The summed E-state index contributed by atoms with van der Waals surface area (Å²) in [6.07, 6.45) is 0. The second-order valence-electron chi connectivity index (χ2n) is 3.45. The lowest BCUT2D eigenvalue weighted by atomic mass is 10.4. The molecule has 1 N–H and O–H groups in total. The first-order valence-corrected chi connectivity index (χ1v) is 7.33. The molecular weight excluding hydrogens is 176 g/mol. The van der Waals surface area contributed by atoms with Gasteiger partial charge in [0, 0.05) is 0 Å². The van der Waals surface area contributed by atoms with Gasteiger partial charge in [0.2, 0.25) is 0 Å². The lowest BCUT2D eigenvalue weighted by Gasteiger charge is -2.14. The van der Waals surface area contributed by atoms with Crippen LogP contribution in [0.3, 0.4) is 0 Å². The topological polar surface area (TPSA) is 20.2 Å². The number of hydrogen-bond acceptors (Lipinski definition) is 1. The van der Waals surface area contributed by atoms with Gasteiger partial charge in [0.1, 0.15) is 6.61 Å². The summed E-state index contributed by atoms with van der Waals surface area (Å²) in [6, 6.07) is 10.3. The summed E-state index contributed by atoms with van der Waals surface area (Å²) in [5.41, 5.74) is 3.16. The first-order valence-electron chi connectivity index (χ1n) is 4.33. The van der Waals surface area contributed by atoms with Gasteiger partial charge in [-0.2, -0.15) is 0 Å². The molecule has 0 amide bonds. The minimum atomic E-state index is -1.62. The third-order valence-electron chi connectivity index (χ3n) is 1.98. The van der Waals surface area contributed by atoms with Gasteiger partial charge in [-0.25, -0.2) is 0 Å². The van der Waals surface area contributed by atoms with Crippen molar-refractivity contribution in [2.75, 3.05) is 6.61 Å². The average molecular weight is 190 g/mol. The van der Waals surface area contributed by atoms with Crippen LogP contribution in [-0.4, -0.2) is 19.8 Å². The largest absolute Gasteiger partial charge is 0.384 e. The van der Waals surface area contributed by atoms with Crippen molar-refractivity contribution in [1.29, 1.82) is 0 Å². The molecule has 0 saturated carbocycles. The first kappa shape index (κ1) is 10.0. The van der Waals surface area contributed by atoms with Gasteiger partial charge in [-0.05, 0) is 5.19 Å². The van der Waals surface area contributed by atoms with Crippen molar-refractivity contribution >= 4 is 13.3 Å². The molecule has 68 valence electrons. The molecule has 0 heterocycles. The van der Waals surface area contributed by atoms with Crippen molar-refractivity contribution in [1.82, 2.24) is 0 Å². The van der Waals surface area contributed by atoms with Crippen LogP contribution in [0.15, 0.2) is 30.3 Å². The Labute approximate surface area is 80.4 Å². The fourth-order valence-electron chi connectivity index (χ4n) is 1.19. The third kappa shape index (κ3) is 2.73. The van der Waals surface area contributed by atoms with Gasteiger partial charge < -0.3 is 5.11 Å². The molecule has 0 fully saturated rings. The zero-order chi connectivity index (χ0) is 9.73. The molecule has 13 heavy (non-hydrogen) atoms. The van der Waals surface area contributed by atoms with Crippen LogP contribution in [0.1, 0.15) is 0 Å². The minimum Gasteiger partial charge on any atom is -0.384 e. The van der Waals surface area contributed by atoms with Gasteiger partial charge in [0.15, 0.2) is 8.07 Å². The Morgan fingerprint density at radius 3 is 2.38 bits per heavy atom. The molecule has 0 saturated heterocycles. The van der Waals surface area contributed by atoms with Crippen molar-refractivity contribution in [3.63, 3.8) is 0 Å². The molecular formula is C11H14OSi. The van der Waals surface area contributed by atoms with Crippen LogP contribution in [0.4, 0.5) is 0 Å². The summed E-state index contributed by atoms with van der Waals surface area (Å²) < 4.78 is 0. The van der Waals surface area contributed by atoms with Crippen LogP contribution in [0.2, 0.25) is 13.1 Å². The number of aliphatic hydroxyl groups excluding tert-OH is 1. The molecule has 0 bridgehead atoms. The zero-order valence-corrected chi connectivity index (χ0v) is 9.04. The van der Waals surface area contributed by atoms with Crippen molar-refractivity contribution in [2.24, 2.45) is 0 Å². The molecule has 1 nitrogen and oxygen atoms in total. The highest BCUT2D eigenvalue weighted by Gasteiger charge is 2.19. The SMILES string of the molecule is C[Si](C)(C#CCO)c1ccccc1. The highest BCUT2D eigenvalue weighted by molar-refractivity contribution is 6.96. The predicted molar refractivity (Wildman–Crippen MR) is 58.4 cm³/mol. The molecule has 0 spiro atoms. The van der Waals surface area contributed by atoms with E-state index in [0.29, 0.717) is 0 Å². The van der Waals surface area contributed by atoms with E-state index in [1.807, 2.05) is 18.2 Å². The van der Waals surface area contributed by atoms with Crippen LogP contribution in [0.5, 0.6) is 0 Å². The van der Waals surface area contributed by atoms with E-state index in [-0.39, 0.29) is 6.61 Å². The van der Waals surface area contributed by atoms with Gasteiger partial charge in [-0.1, -0.05) is 49.3 Å². The zero-order valence-electron chi connectivity index (χ0n) is 8.04. The molecule has 2 heteroatoms. The summed E-state index contributed by atoms with van der Waals surface area (Å²) in [4.78, 5) is 0. The third-order valence-corrected chi connectivity index (χ3v) is 4.55. The molecule has 0 aliphatic rings. The van der Waals surface area contributed by atoms with E-state index in [4.69, 9.17) is 5.11 Å². The van der Waals surface area contributed by atoms with Crippen LogP contribution in [0, 0.1) is 11.5 Å². The van der Waals surface area contributed by atoms with E-state index < -0.39 is 8.07 Å². The van der Waals surface area contributed by atoms with Crippen LogP contribution in [0.25, 0.3) is 0 Å². The van der Waals surface area contributed by atoms with E-state index >= 15 is 0 Å². The van der Waals surface area contributed by atoms with Crippen LogP contribution >= 0.6 is 0 Å². The van der Waals surface area contributed by atoms with Gasteiger partial charge in [0.05, 0.1) is 0 Å². The maximum Gasteiger partial charge on any atom is 0.162 e. The number of hydrogen-bond donors (Lipinski definition) is 1. The highest BCUT2D eigenvalue weighted by atomic mass is 28.3. The lowest BCUT2D eigenvalue weighted by Crippen LogP contribution is -2.39. The number of aliphatic hydroxyl groups is 1. The molecule has 0 aromatic heterocycles. The summed E-state index contributed by atoms with van der Waals surface area (Å²) >= 11 is 0. The summed E-state index contributed by atoms with van der Waals surface area (Å²) in [6.45, 7) is 4.33. The van der Waals surface area contributed by atoms with E-state index in [2.05, 4.69) is 36.7 Å². The van der Waals surface area contributed by atoms with Gasteiger partial charge >= 0.3 is 0 Å². The highest BCUT2D eigenvalue weighted by Crippen LogP contribution is 2.00. The van der Waals surface area contributed by atoms with Crippen molar-refractivity contribution in [3.05, 3.63) is 30.3 Å². The molecule has 1 aromatic rings. The van der Waals surface area contributed by atoms with E-state index in [1.54, 1.807) is 0 Å². The first-order chi connectivity index (χ1) is 6.17. The molecule has 1 rings (SSSR count). The number of rotatable bonds is 1. The Balaban J connectivity index is 2.94. The maximum atomic E-state index is 8.63. The van der Waals surface area contributed by atoms with Crippen LogP contribution in [-0.2, 0) is 0 Å². The number of benzene rings is 1. The van der Waals surface area contributed by atoms with E-state index in [1.165, 1.54) is 5.19 Å².